The largest absolute Gasteiger partial charge is 0.356 e. The average Bonchev–Trinajstić information content (AvgIpc) is 3.38. The fourth-order valence-corrected chi connectivity index (χ4v) is 4.03. The van der Waals surface area contributed by atoms with Crippen LogP contribution in [0.1, 0.15) is 30.4 Å². The molecule has 1 saturated heterocycles. The van der Waals surface area contributed by atoms with Crippen LogP contribution >= 0.6 is 0 Å². The van der Waals surface area contributed by atoms with E-state index in [1.807, 2.05) is 13.2 Å². The first kappa shape index (κ1) is 16.9. The lowest BCUT2D eigenvalue weighted by atomic mass is 9.95. The SMILES string of the molecule is Cn1c(Cn2cncn2)nnc1C1CCN(c2nccc3ccccc23)CC1. The fraction of sp³-hybridized carbons (Fsp3) is 0.350. The number of hydrogen-bond acceptors (Lipinski definition) is 6. The van der Waals surface area contributed by atoms with Gasteiger partial charge in [0.1, 0.15) is 30.8 Å². The molecule has 0 radical (unpaired) electrons. The lowest BCUT2D eigenvalue weighted by Crippen LogP contribution is -2.34. The Labute approximate surface area is 162 Å². The Kier molecular flexibility index (Phi) is 4.23. The van der Waals surface area contributed by atoms with Crippen LogP contribution in [-0.4, -0.2) is 47.6 Å². The number of pyridine rings is 1. The molecule has 8 nitrogen and oxygen atoms in total. The van der Waals surface area contributed by atoms with E-state index in [-0.39, 0.29) is 0 Å². The molecule has 1 aliphatic heterocycles. The van der Waals surface area contributed by atoms with Crippen LogP contribution in [0, 0.1) is 0 Å². The summed E-state index contributed by atoms with van der Waals surface area (Å²) in [6, 6.07) is 10.5. The van der Waals surface area contributed by atoms with Gasteiger partial charge >= 0.3 is 0 Å². The molecule has 1 aliphatic rings. The van der Waals surface area contributed by atoms with Crippen LogP contribution in [0.3, 0.4) is 0 Å². The maximum atomic E-state index is 4.67. The lowest BCUT2D eigenvalue weighted by molar-refractivity contribution is 0.470. The van der Waals surface area contributed by atoms with E-state index in [1.54, 1.807) is 11.0 Å². The summed E-state index contributed by atoms with van der Waals surface area (Å²) in [7, 11) is 2.04. The molecule has 0 saturated carbocycles. The first-order valence-electron chi connectivity index (χ1n) is 9.59. The topological polar surface area (TPSA) is 77.5 Å². The molecular weight excluding hydrogens is 352 g/mol. The fourth-order valence-electron chi connectivity index (χ4n) is 4.03. The Morgan fingerprint density at radius 3 is 2.75 bits per heavy atom. The third-order valence-corrected chi connectivity index (χ3v) is 5.58. The van der Waals surface area contributed by atoms with Crippen molar-refractivity contribution in [3.63, 3.8) is 0 Å². The molecule has 8 heteroatoms. The van der Waals surface area contributed by atoms with Gasteiger partial charge in [0.05, 0.1) is 0 Å². The van der Waals surface area contributed by atoms with Gasteiger partial charge in [0.15, 0.2) is 5.82 Å². The second kappa shape index (κ2) is 7.03. The molecule has 1 fully saturated rings. The highest BCUT2D eigenvalue weighted by Crippen LogP contribution is 2.31. The Morgan fingerprint density at radius 1 is 1.07 bits per heavy atom. The third-order valence-electron chi connectivity index (χ3n) is 5.58. The smallest absolute Gasteiger partial charge is 0.154 e. The van der Waals surface area contributed by atoms with E-state index in [0.717, 1.165) is 43.4 Å². The number of rotatable bonds is 4. The van der Waals surface area contributed by atoms with E-state index in [4.69, 9.17) is 0 Å². The van der Waals surface area contributed by atoms with E-state index in [1.165, 1.54) is 17.1 Å². The van der Waals surface area contributed by atoms with Gasteiger partial charge in [-0.15, -0.1) is 10.2 Å². The Hall–Kier alpha value is -3.29. The highest BCUT2D eigenvalue weighted by atomic mass is 15.4. The van der Waals surface area contributed by atoms with Crippen molar-refractivity contribution in [1.82, 2.24) is 34.5 Å². The summed E-state index contributed by atoms with van der Waals surface area (Å²) >= 11 is 0. The van der Waals surface area contributed by atoms with Gasteiger partial charge in [-0.2, -0.15) is 5.10 Å². The summed E-state index contributed by atoms with van der Waals surface area (Å²) in [5.74, 6) is 3.45. The summed E-state index contributed by atoms with van der Waals surface area (Å²) in [6.45, 7) is 2.52. The molecule has 0 N–H and O–H groups in total. The number of piperidine rings is 1. The van der Waals surface area contributed by atoms with Gasteiger partial charge in [0.25, 0.3) is 0 Å². The van der Waals surface area contributed by atoms with Crippen molar-refractivity contribution >= 4 is 16.6 Å². The summed E-state index contributed by atoms with van der Waals surface area (Å²) in [5, 5.41) is 15.5. The van der Waals surface area contributed by atoms with E-state index in [9.17, 15) is 0 Å². The predicted octanol–water partition coefficient (Wildman–Crippen LogP) is 2.39. The quantitative estimate of drug-likeness (QED) is 0.546. The van der Waals surface area contributed by atoms with Crippen molar-refractivity contribution in [2.75, 3.05) is 18.0 Å². The summed E-state index contributed by atoms with van der Waals surface area (Å²) in [5.41, 5.74) is 0. The van der Waals surface area contributed by atoms with Gasteiger partial charge in [-0.25, -0.2) is 14.6 Å². The minimum absolute atomic E-state index is 0.410. The molecule has 1 aromatic carbocycles. The average molecular weight is 374 g/mol. The number of nitrogens with zero attached hydrogens (tertiary/aromatic N) is 8. The molecule has 0 amide bonds. The lowest BCUT2D eigenvalue weighted by Gasteiger charge is -2.33. The van der Waals surface area contributed by atoms with Crippen molar-refractivity contribution < 1.29 is 0 Å². The van der Waals surface area contributed by atoms with Crippen molar-refractivity contribution in [2.24, 2.45) is 7.05 Å². The van der Waals surface area contributed by atoms with Crippen LogP contribution in [0.4, 0.5) is 5.82 Å². The zero-order chi connectivity index (χ0) is 18.9. The molecule has 142 valence electrons. The second-order valence-electron chi connectivity index (χ2n) is 7.24. The zero-order valence-corrected chi connectivity index (χ0v) is 15.8. The van der Waals surface area contributed by atoms with Gasteiger partial charge in [-0.05, 0) is 24.3 Å². The number of benzene rings is 1. The molecule has 0 spiro atoms. The summed E-state index contributed by atoms with van der Waals surface area (Å²) in [6.07, 6.45) is 7.22. The third kappa shape index (κ3) is 3.00. The van der Waals surface area contributed by atoms with Gasteiger partial charge < -0.3 is 9.47 Å². The molecule has 0 aliphatic carbocycles. The number of hydrogen-bond donors (Lipinski definition) is 0. The first-order chi connectivity index (χ1) is 13.8. The Morgan fingerprint density at radius 2 is 1.93 bits per heavy atom. The van der Waals surface area contributed by atoms with Crippen LogP contribution < -0.4 is 4.90 Å². The van der Waals surface area contributed by atoms with E-state index >= 15 is 0 Å². The molecule has 28 heavy (non-hydrogen) atoms. The van der Waals surface area contributed by atoms with Gasteiger partial charge in [0.2, 0.25) is 0 Å². The minimum atomic E-state index is 0.410. The van der Waals surface area contributed by atoms with E-state index in [2.05, 4.69) is 65.1 Å². The molecule has 0 bridgehead atoms. The maximum Gasteiger partial charge on any atom is 0.154 e. The van der Waals surface area contributed by atoms with Crippen molar-refractivity contribution in [3.05, 3.63) is 60.8 Å². The molecule has 4 heterocycles. The van der Waals surface area contributed by atoms with Crippen LogP contribution in [-0.2, 0) is 13.6 Å². The normalized spacial score (nSPS) is 15.4. The van der Waals surface area contributed by atoms with Crippen LogP contribution in [0.2, 0.25) is 0 Å². The molecule has 0 unspecified atom stereocenters. The Bertz CT molecular complexity index is 1070. The number of fused-ring (bicyclic) bond motifs is 1. The zero-order valence-electron chi connectivity index (χ0n) is 15.8. The monoisotopic (exact) mass is 374 g/mol. The standard InChI is InChI=1S/C20H22N8/c1-26-18(12-28-14-21-13-23-28)24-25-19(26)16-7-10-27(11-8-16)20-17-5-3-2-4-15(17)6-9-22-20/h2-6,9,13-14,16H,7-8,10-12H2,1H3. The van der Waals surface area contributed by atoms with E-state index in [0.29, 0.717) is 12.5 Å². The van der Waals surface area contributed by atoms with Crippen LogP contribution in [0.15, 0.2) is 49.2 Å². The van der Waals surface area contributed by atoms with Gasteiger partial charge in [0, 0.05) is 37.6 Å². The van der Waals surface area contributed by atoms with Crippen molar-refractivity contribution in [3.8, 4) is 0 Å². The summed E-state index contributed by atoms with van der Waals surface area (Å²) < 4.78 is 3.88. The minimum Gasteiger partial charge on any atom is -0.356 e. The predicted molar refractivity (Wildman–Crippen MR) is 106 cm³/mol. The summed E-state index contributed by atoms with van der Waals surface area (Å²) in [4.78, 5) is 11.0. The van der Waals surface area contributed by atoms with Crippen molar-refractivity contribution in [2.45, 2.75) is 25.3 Å². The maximum absolute atomic E-state index is 4.67. The first-order valence-corrected chi connectivity index (χ1v) is 9.59. The highest BCUT2D eigenvalue weighted by molar-refractivity contribution is 5.92. The molecule has 0 atom stereocenters. The second-order valence-corrected chi connectivity index (χ2v) is 7.24. The molecule has 4 aromatic rings. The van der Waals surface area contributed by atoms with Gasteiger partial charge in [-0.1, -0.05) is 24.3 Å². The van der Waals surface area contributed by atoms with Crippen LogP contribution in [0.25, 0.3) is 10.8 Å². The number of anilines is 1. The van der Waals surface area contributed by atoms with Crippen molar-refractivity contribution in [1.29, 1.82) is 0 Å². The molecule has 5 rings (SSSR count). The van der Waals surface area contributed by atoms with E-state index < -0.39 is 0 Å². The number of aromatic nitrogens is 7. The van der Waals surface area contributed by atoms with Crippen LogP contribution in [0.5, 0.6) is 0 Å². The molecule has 3 aromatic heterocycles. The Balaban J connectivity index is 1.32. The highest BCUT2D eigenvalue weighted by Gasteiger charge is 2.26. The van der Waals surface area contributed by atoms with Gasteiger partial charge in [-0.3, -0.25) is 0 Å². The molecular formula is C20H22N8.